The molecule has 1 amide bonds. The molecular weight excluding hydrogens is 240 g/mol. The van der Waals surface area contributed by atoms with Gasteiger partial charge in [0.2, 0.25) is 5.91 Å². The van der Waals surface area contributed by atoms with Crippen molar-refractivity contribution in [3.63, 3.8) is 0 Å². The average Bonchev–Trinajstić information content (AvgIpc) is 2.43. The molecule has 4 nitrogen and oxygen atoms in total. The SMILES string of the molecule is CCN1C(=O)CCc2c(OCCCC#N)cccc21. The molecule has 0 saturated heterocycles. The van der Waals surface area contributed by atoms with Crippen LogP contribution >= 0.6 is 0 Å². The number of rotatable bonds is 5. The summed E-state index contributed by atoms with van der Waals surface area (Å²) in [6.07, 6.45) is 2.52. The average molecular weight is 258 g/mol. The lowest BCUT2D eigenvalue weighted by atomic mass is 10.00. The lowest BCUT2D eigenvalue weighted by molar-refractivity contribution is -0.118. The van der Waals surface area contributed by atoms with Crippen molar-refractivity contribution in [2.24, 2.45) is 0 Å². The van der Waals surface area contributed by atoms with Crippen molar-refractivity contribution in [1.82, 2.24) is 0 Å². The summed E-state index contributed by atoms with van der Waals surface area (Å²) in [5.41, 5.74) is 2.08. The van der Waals surface area contributed by atoms with Gasteiger partial charge < -0.3 is 9.64 Å². The third kappa shape index (κ3) is 2.87. The number of ether oxygens (including phenoxy) is 1. The number of nitriles is 1. The molecule has 0 atom stereocenters. The molecule has 0 aromatic heterocycles. The molecule has 19 heavy (non-hydrogen) atoms. The maximum absolute atomic E-state index is 11.8. The third-order valence-electron chi connectivity index (χ3n) is 3.30. The third-order valence-corrected chi connectivity index (χ3v) is 3.30. The van der Waals surface area contributed by atoms with Crippen LogP contribution < -0.4 is 9.64 Å². The van der Waals surface area contributed by atoms with Crippen LogP contribution in [0.1, 0.15) is 31.7 Å². The van der Waals surface area contributed by atoms with E-state index >= 15 is 0 Å². The molecule has 0 fully saturated rings. The minimum absolute atomic E-state index is 0.177. The molecule has 0 radical (unpaired) electrons. The predicted molar refractivity (Wildman–Crippen MR) is 73.1 cm³/mol. The summed E-state index contributed by atoms with van der Waals surface area (Å²) in [6.45, 7) is 3.21. The molecule has 0 bridgehead atoms. The molecule has 0 unspecified atom stereocenters. The highest BCUT2D eigenvalue weighted by Crippen LogP contribution is 2.34. The number of carbonyl (C=O) groups is 1. The van der Waals surface area contributed by atoms with Crippen molar-refractivity contribution in [2.45, 2.75) is 32.6 Å². The first kappa shape index (κ1) is 13.4. The normalized spacial score (nSPS) is 13.9. The number of benzene rings is 1. The molecule has 1 aliphatic rings. The molecule has 1 aromatic rings. The van der Waals surface area contributed by atoms with E-state index in [1.807, 2.05) is 25.1 Å². The number of fused-ring (bicyclic) bond motifs is 1. The van der Waals surface area contributed by atoms with Gasteiger partial charge in [-0.15, -0.1) is 0 Å². The van der Waals surface area contributed by atoms with Crippen LogP contribution in [0.15, 0.2) is 18.2 Å². The van der Waals surface area contributed by atoms with Crippen molar-refractivity contribution in [3.05, 3.63) is 23.8 Å². The monoisotopic (exact) mass is 258 g/mol. The summed E-state index contributed by atoms with van der Waals surface area (Å²) >= 11 is 0. The first-order valence-electron chi connectivity index (χ1n) is 6.70. The highest BCUT2D eigenvalue weighted by molar-refractivity contribution is 5.96. The van der Waals surface area contributed by atoms with E-state index in [0.717, 1.165) is 29.8 Å². The molecule has 1 aromatic carbocycles. The van der Waals surface area contributed by atoms with Gasteiger partial charge in [-0.25, -0.2) is 0 Å². The molecule has 1 aliphatic heterocycles. The van der Waals surface area contributed by atoms with Gasteiger partial charge in [0, 0.05) is 24.9 Å². The van der Waals surface area contributed by atoms with E-state index in [9.17, 15) is 4.79 Å². The van der Waals surface area contributed by atoms with Gasteiger partial charge in [-0.2, -0.15) is 5.26 Å². The van der Waals surface area contributed by atoms with E-state index in [2.05, 4.69) is 6.07 Å². The maximum Gasteiger partial charge on any atom is 0.227 e. The van der Waals surface area contributed by atoms with Gasteiger partial charge in [0.15, 0.2) is 0 Å². The highest BCUT2D eigenvalue weighted by atomic mass is 16.5. The Bertz CT molecular complexity index is 505. The van der Waals surface area contributed by atoms with Crippen LogP contribution in [0, 0.1) is 11.3 Å². The van der Waals surface area contributed by atoms with Crippen molar-refractivity contribution in [3.8, 4) is 11.8 Å². The van der Waals surface area contributed by atoms with Crippen molar-refractivity contribution < 1.29 is 9.53 Å². The van der Waals surface area contributed by atoms with E-state index in [4.69, 9.17) is 10.00 Å². The van der Waals surface area contributed by atoms with Crippen LogP contribution in [0.4, 0.5) is 5.69 Å². The fraction of sp³-hybridized carbons (Fsp3) is 0.467. The Hall–Kier alpha value is -2.02. The van der Waals surface area contributed by atoms with Gasteiger partial charge in [0.1, 0.15) is 5.75 Å². The second-order valence-electron chi connectivity index (χ2n) is 4.50. The minimum atomic E-state index is 0.177. The molecule has 100 valence electrons. The summed E-state index contributed by atoms with van der Waals surface area (Å²) in [5, 5.41) is 8.50. The summed E-state index contributed by atoms with van der Waals surface area (Å²) in [7, 11) is 0. The van der Waals surface area contributed by atoms with Gasteiger partial charge in [-0.1, -0.05) is 6.07 Å². The summed E-state index contributed by atoms with van der Waals surface area (Å²) in [5.74, 6) is 1.03. The van der Waals surface area contributed by atoms with Crippen LogP contribution in [0.3, 0.4) is 0 Å². The van der Waals surface area contributed by atoms with Gasteiger partial charge >= 0.3 is 0 Å². The Morgan fingerprint density at radius 3 is 3.00 bits per heavy atom. The fourth-order valence-electron chi connectivity index (χ4n) is 2.37. The summed E-state index contributed by atoms with van der Waals surface area (Å²) in [4.78, 5) is 13.7. The Kier molecular flexibility index (Phi) is 4.40. The number of anilines is 1. The Balaban J connectivity index is 2.16. The Morgan fingerprint density at radius 2 is 2.26 bits per heavy atom. The molecule has 0 spiro atoms. The minimum Gasteiger partial charge on any atom is -0.493 e. The van der Waals surface area contributed by atoms with Crippen LogP contribution in [0.25, 0.3) is 0 Å². The van der Waals surface area contributed by atoms with E-state index in [-0.39, 0.29) is 5.91 Å². The first-order valence-corrected chi connectivity index (χ1v) is 6.70. The number of hydrogen-bond donors (Lipinski definition) is 0. The van der Waals surface area contributed by atoms with E-state index in [1.54, 1.807) is 4.90 Å². The van der Waals surface area contributed by atoms with Gasteiger partial charge in [-0.3, -0.25) is 4.79 Å². The van der Waals surface area contributed by atoms with Crippen molar-refractivity contribution >= 4 is 11.6 Å². The van der Waals surface area contributed by atoms with Crippen LogP contribution in [-0.2, 0) is 11.2 Å². The quantitative estimate of drug-likeness (QED) is 0.763. The first-order chi connectivity index (χ1) is 9.27. The number of carbonyl (C=O) groups excluding carboxylic acids is 1. The molecular formula is C15H18N2O2. The molecule has 0 aliphatic carbocycles. The van der Waals surface area contributed by atoms with Crippen LogP contribution in [0.2, 0.25) is 0 Å². The topological polar surface area (TPSA) is 53.3 Å². The van der Waals surface area contributed by atoms with E-state index in [1.165, 1.54) is 0 Å². The number of unbranched alkanes of at least 4 members (excludes halogenated alkanes) is 1. The largest absolute Gasteiger partial charge is 0.493 e. The molecule has 4 heteroatoms. The summed E-state index contributed by atoms with van der Waals surface area (Å²) in [6, 6.07) is 7.93. The van der Waals surface area contributed by atoms with Gasteiger partial charge in [0.25, 0.3) is 0 Å². The van der Waals surface area contributed by atoms with Crippen molar-refractivity contribution in [1.29, 1.82) is 5.26 Å². The maximum atomic E-state index is 11.8. The summed E-state index contributed by atoms with van der Waals surface area (Å²) < 4.78 is 5.75. The number of hydrogen-bond acceptors (Lipinski definition) is 3. The molecule has 2 rings (SSSR count). The van der Waals surface area contributed by atoms with Crippen molar-refractivity contribution in [2.75, 3.05) is 18.1 Å². The van der Waals surface area contributed by atoms with E-state index in [0.29, 0.717) is 26.0 Å². The lowest BCUT2D eigenvalue weighted by Gasteiger charge is -2.29. The van der Waals surface area contributed by atoms with Gasteiger partial charge in [-0.05, 0) is 31.9 Å². The number of nitrogens with zero attached hydrogens (tertiary/aromatic N) is 2. The van der Waals surface area contributed by atoms with Crippen LogP contribution in [-0.4, -0.2) is 19.1 Å². The molecule has 0 saturated carbocycles. The van der Waals surface area contributed by atoms with Gasteiger partial charge in [0.05, 0.1) is 18.4 Å². The lowest BCUT2D eigenvalue weighted by Crippen LogP contribution is -2.34. The smallest absolute Gasteiger partial charge is 0.227 e. The second kappa shape index (κ2) is 6.24. The standard InChI is InChI=1S/C15H18N2O2/c1-2-17-13-6-5-7-14(19-11-4-3-10-16)12(13)8-9-15(17)18/h5-7H,2-4,8-9,11H2,1H3. The fourth-order valence-corrected chi connectivity index (χ4v) is 2.37. The van der Waals surface area contributed by atoms with E-state index < -0.39 is 0 Å². The van der Waals surface area contributed by atoms with Crippen LogP contribution in [0.5, 0.6) is 5.75 Å². The zero-order valence-corrected chi connectivity index (χ0v) is 11.2. The molecule has 1 heterocycles. The molecule has 0 N–H and O–H groups in total. The Morgan fingerprint density at radius 1 is 1.42 bits per heavy atom. The zero-order valence-electron chi connectivity index (χ0n) is 11.2. The number of amides is 1. The predicted octanol–water partition coefficient (Wildman–Crippen LogP) is 2.67. The zero-order chi connectivity index (χ0) is 13.7. The highest BCUT2D eigenvalue weighted by Gasteiger charge is 2.24. The second-order valence-corrected chi connectivity index (χ2v) is 4.50. The Labute approximate surface area is 113 Å².